The van der Waals surface area contributed by atoms with Gasteiger partial charge in [0.2, 0.25) is 5.91 Å². The molecular weight excluding hydrogens is 578 g/mol. The molecule has 10 heteroatoms. The van der Waals surface area contributed by atoms with Crippen molar-refractivity contribution in [3.63, 3.8) is 0 Å². The Balaban J connectivity index is 1.98. The first-order valence-electron chi connectivity index (χ1n) is 16.8. The molecule has 0 spiro atoms. The summed E-state index contributed by atoms with van der Waals surface area (Å²) in [6.07, 6.45) is 11.6. The van der Waals surface area contributed by atoms with Gasteiger partial charge in [0.05, 0.1) is 6.61 Å². The van der Waals surface area contributed by atoms with Crippen molar-refractivity contribution in [3.8, 4) is 0 Å². The first-order chi connectivity index (χ1) is 21.7. The molecule has 1 amide bonds. The topological polar surface area (TPSA) is 126 Å². The number of benzene rings is 1. The summed E-state index contributed by atoms with van der Waals surface area (Å²) in [5, 5.41) is 2.93. The van der Waals surface area contributed by atoms with Crippen LogP contribution >= 0.6 is 0 Å². The van der Waals surface area contributed by atoms with Crippen molar-refractivity contribution in [3.05, 3.63) is 35.9 Å². The third-order valence-corrected chi connectivity index (χ3v) is 7.79. The summed E-state index contributed by atoms with van der Waals surface area (Å²) in [5.41, 5.74) is 0.862. The molecular formula is C35H55NO9. The molecule has 0 aliphatic carbocycles. The van der Waals surface area contributed by atoms with Crippen LogP contribution in [-0.2, 0) is 49.5 Å². The third kappa shape index (κ3) is 16.2. The number of hydrogen-bond donors (Lipinski definition) is 1. The molecule has 10 nitrogen and oxygen atoms in total. The van der Waals surface area contributed by atoms with E-state index >= 15 is 0 Å². The lowest BCUT2D eigenvalue weighted by atomic mass is 9.95. The molecule has 0 bridgehead atoms. The number of hydrogen-bond acceptors (Lipinski definition) is 9. The number of nitrogens with one attached hydrogen (secondary N) is 1. The molecule has 0 aromatic heterocycles. The van der Waals surface area contributed by atoms with Crippen molar-refractivity contribution < 1.29 is 42.9 Å². The molecule has 45 heavy (non-hydrogen) atoms. The average Bonchev–Trinajstić information content (AvgIpc) is 3.00. The standard InChI is InChI=1S/C35H55NO9/c1-5-6-7-8-9-10-11-12-13-14-15-16-20-23-31(40)36-32-34(44-28(4)39)33(43-27(3)38)30(25-41-26(2)37)45-35(32)42-24-29-21-18-17-19-22-29/h17-19,21-22,30,32-35H,5-16,20,23-25H2,1-4H3,(H,36,40)/t30-,32-,33-,34-,35-/m1/s1. The summed E-state index contributed by atoms with van der Waals surface area (Å²) in [6.45, 7) is 5.81. The number of amides is 1. The maximum absolute atomic E-state index is 13.1. The zero-order valence-electron chi connectivity index (χ0n) is 27.8. The SMILES string of the molecule is CCCCCCCCCCCCCCCC(=O)N[C@H]1[C@H](OCc2ccccc2)O[C@H](COC(C)=O)[C@@H](OC(C)=O)[C@@H]1OC(C)=O. The molecule has 1 fully saturated rings. The van der Waals surface area contributed by atoms with Crippen molar-refractivity contribution in [2.45, 2.75) is 155 Å². The maximum atomic E-state index is 13.1. The number of ether oxygens (including phenoxy) is 5. The molecule has 1 N–H and O–H groups in total. The number of esters is 3. The Kier molecular flexibility index (Phi) is 19.1. The maximum Gasteiger partial charge on any atom is 0.303 e. The van der Waals surface area contributed by atoms with E-state index in [9.17, 15) is 19.2 Å². The van der Waals surface area contributed by atoms with Crippen molar-refractivity contribution in [1.82, 2.24) is 5.32 Å². The number of carbonyl (C=O) groups excluding carboxylic acids is 4. The first kappa shape index (κ1) is 38.2. The van der Waals surface area contributed by atoms with Gasteiger partial charge in [0, 0.05) is 27.2 Å². The highest BCUT2D eigenvalue weighted by Crippen LogP contribution is 2.29. The highest BCUT2D eigenvalue weighted by molar-refractivity contribution is 5.76. The summed E-state index contributed by atoms with van der Waals surface area (Å²) in [5.74, 6) is -2.09. The number of rotatable bonds is 22. The van der Waals surface area contributed by atoms with E-state index < -0.39 is 48.6 Å². The van der Waals surface area contributed by atoms with Crippen LogP contribution < -0.4 is 5.32 Å². The Bertz CT molecular complexity index is 1000. The number of unbranched alkanes of at least 4 members (excludes halogenated alkanes) is 12. The summed E-state index contributed by atoms with van der Waals surface area (Å²) in [6, 6.07) is 8.41. The average molecular weight is 634 g/mol. The lowest BCUT2D eigenvalue weighted by Gasteiger charge is -2.45. The van der Waals surface area contributed by atoms with Gasteiger partial charge in [-0.3, -0.25) is 19.2 Å². The highest BCUT2D eigenvalue weighted by Gasteiger charge is 2.51. The quantitative estimate of drug-likeness (QED) is 0.0887. The van der Waals surface area contributed by atoms with Crippen LogP contribution in [0.25, 0.3) is 0 Å². The normalized spacial score (nSPS) is 21.1. The van der Waals surface area contributed by atoms with Gasteiger partial charge >= 0.3 is 17.9 Å². The largest absolute Gasteiger partial charge is 0.463 e. The van der Waals surface area contributed by atoms with E-state index in [1.165, 1.54) is 78.6 Å². The van der Waals surface area contributed by atoms with Crippen LogP contribution in [0.2, 0.25) is 0 Å². The van der Waals surface area contributed by atoms with E-state index in [4.69, 9.17) is 23.7 Å². The van der Waals surface area contributed by atoms with Crippen molar-refractivity contribution in [2.75, 3.05) is 6.61 Å². The van der Waals surface area contributed by atoms with E-state index in [0.717, 1.165) is 24.8 Å². The van der Waals surface area contributed by atoms with Gasteiger partial charge in [-0.2, -0.15) is 0 Å². The van der Waals surface area contributed by atoms with Gasteiger partial charge in [0.15, 0.2) is 18.5 Å². The van der Waals surface area contributed by atoms with Crippen LogP contribution in [0.3, 0.4) is 0 Å². The van der Waals surface area contributed by atoms with E-state index in [-0.39, 0.29) is 25.5 Å². The Hall–Kier alpha value is -2.98. The van der Waals surface area contributed by atoms with Gasteiger partial charge < -0.3 is 29.0 Å². The van der Waals surface area contributed by atoms with Gasteiger partial charge in [-0.15, -0.1) is 0 Å². The Morgan fingerprint density at radius 1 is 0.711 bits per heavy atom. The second-order valence-electron chi connectivity index (χ2n) is 11.9. The molecule has 1 aromatic rings. The van der Waals surface area contributed by atoms with Crippen molar-refractivity contribution in [2.24, 2.45) is 0 Å². The fourth-order valence-electron chi connectivity index (χ4n) is 5.51. The molecule has 1 heterocycles. The van der Waals surface area contributed by atoms with Crippen LogP contribution in [0.15, 0.2) is 30.3 Å². The van der Waals surface area contributed by atoms with Gasteiger partial charge in [-0.1, -0.05) is 114 Å². The predicted molar refractivity (Wildman–Crippen MR) is 170 cm³/mol. The van der Waals surface area contributed by atoms with Gasteiger partial charge in [0.1, 0.15) is 18.8 Å². The van der Waals surface area contributed by atoms with Crippen LogP contribution in [0.4, 0.5) is 0 Å². The molecule has 5 atom stereocenters. The van der Waals surface area contributed by atoms with E-state index in [0.29, 0.717) is 6.42 Å². The lowest BCUT2D eigenvalue weighted by Crippen LogP contribution is -2.66. The molecule has 1 aliphatic rings. The summed E-state index contributed by atoms with van der Waals surface area (Å²) in [4.78, 5) is 49.0. The summed E-state index contributed by atoms with van der Waals surface area (Å²) in [7, 11) is 0. The van der Waals surface area contributed by atoms with Crippen molar-refractivity contribution >= 4 is 23.8 Å². The Morgan fingerprint density at radius 3 is 1.78 bits per heavy atom. The lowest BCUT2D eigenvalue weighted by molar-refractivity contribution is -0.280. The smallest absolute Gasteiger partial charge is 0.303 e. The third-order valence-electron chi connectivity index (χ3n) is 7.79. The van der Waals surface area contributed by atoms with E-state index in [1.54, 1.807) is 0 Å². The van der Waals surface area contributed by atoms with Crippen LogP contribution in [0.5, 0.6) is 0 Å². The Morgan fingerprint density at radius 2 is 1.24 bits per heavy atom. The molecule has 254 valence electrons. The van der Waals surface area contributed by atoms with Crippen LogP contribution in [-0.4, -0.2) is 61.1 Å². The minimum atomic E-state index is -1.15. The summed E-state index contributed by atoms with van der Waals surface area (Å²) < 4.78 is 28.5. The van der Waals surface area contributed by atoms with E-state index in [2.05, 4.69) is 12.2 Å². The molecule has 0 saturated carbocycles. The summed E-state index contributed by atoms with van der Waals surface area (Å²) >= 11 is 0. The van der Waals surface area contributed by atoms with Gasteiger partial charge in [0.25, 0.3) is 0 Å². The van der Waals surface area contributed by atoms with Crippen LogP contribution in [0, 0.1) is 0 Å². The highest BCUT2D eigenvalue weighted by atomic mass is 16.7. The minimum absolute atomic E-state index is 0.141. The monoisotopic (exact) mass is 633 g/mol. The molecule has 1 saturated heterocycles. The van der Waals surface area contributed by atoms with Gasteiger partial charge in [-0.05, 0) is 12.0 Å². The Labute approximate surface area is 269 Å². The zero-order chi connectivity index (χ0) is 32.9. The second-order valence-corrected chi connectivity index (χ2v) is 11.9. The predicted octanol–water partition coefficient (Wildman–Crippen LogP) is 6.32. The molecule has 2 rings (SSSR count). The first-order valence-corrected chi connectivity index (χ1v) is 16.8. The zero-order valence-corrected chi connectivity index (χ0v) is 27.8. The minimum Gasteiger partial charge on any atom is -0.463 e. The molecule has 0 radical (unpaired) electrons. The molecule has 1 aromatic carbocycles. The van der Waals surface area contributed by atoms with Crippen molar-refractivity contribution in [1.29, 1.82) is 0 Å². The van der Waals surface area contributed by atoms with E-state index in [1.807, 2.05) is 30.3 Å². The second kappa shape index (κ2) is 22.5. The fourth-order valence-corrected chi connectivity index (χ4v) is 5.51. The van der Waals surface area contributed by atoms with Gasteiger partial charge in [-0.25, -0.2) is 0 Å². The fraction of sp³-hybridized carbons (Fsp3) is 0.714. The molecule has 1 aliphatic heterocycles. The molecule has 0 unspecified atom stereocenters. The van der Waals surface area contributed by atoms with Crippen LogP contribution in [0.1, 0.15) is 123 Å². The number of carbonyl (C=O) groups is 4.